The van der Waals surface area contributed by atoms with Gasteiger partial charge >= 0.3 is 0 Å². The minimum absolute atomic E-state index is 0.189. The van der Waals surface area contributed by atoms with Crippen LogP contribution in [0.5, 0.6) is 0 Å². The van der Waals surface area contributed by atoms with Crippen LogP contribution >= 0.6 is 15.9 Å². The lowest BCUT2D eigenvalue weighted by atomic mass is 10.0. The predicted octanol–water partition coefficient (Wildman–Crippen LogP) is 4.30. The topological polar surface area (TPSA) is 12.0 Å². The van der Waals surface area contributed by atoms with Crippen LogP contribution in [-0.4, -0.2) is 12.6 Å². The third-order valence-corrected chi connectivity index (χ3v) is 3.50. The second kappa shape index (κ2) is 7.83. The van der Waals surface area contributed by atoms with Gasteiger partial charge in [0.1, 0.15) is 5.82 Å². The monoisotopic (exact) mass is 301 g/mol. The molecule has 1 N–H and O–H groups in total. The molecule has 1 aromatic carbocycles. The van der Waals surface area contributed by atoms with Crippen molar-refractivity contribution in [3.63, 3.8) is 0 Å². The van der Waals surface area contributed by atoms with Gasteiger partial charge in [-0.1, -0.05) is 26.3 Å². The molecule has 0 saturated heterocycles. The van der Waals surface area contributed by atoms with Crippen LogP contribution in [-0.2, 0) is 6.42 Å². The van der Waals surface area contributed by atoms with Gasteiger partial charge in [-0.3, -0.25) is 0 Å². The maximum Gasteiger partial charge on any atom is 0.137 e. The van der Waals surface area contributed by atoms with Gasteiger partial charge in [0.15, 0.2) is 0 Å². The van der Waals surface area contributed by atoms with Crippen molar-refractivity contribution in [1.82, 2.24) is 5.32 Å². The zero-order chi connectivity index (χ0) is 12.7. The standard InChI is InChI=1S/C14H21BrFN/c1-3-5-12(17-4-2)8-6-11-7-9-14(16)13(15)10-11/h7,9-10,12,17H,3-6,8H2,1-2H3. The first kappa shape index (κ1) is 14.7. The molecule has 0 saturated carbocycles. The van der Waals surface area contributed by atoms with Crippen LogP contribution < -0.4 is 5.32 Å². The van der Waals surface area contributed by atoms with Crippen LogP contribution in [0.2, 0.25) is 0 Å². The molecular formula is C14H21BrFN. The summed E-state index contributed by atoms with van der Waals surface area (Å²) in [6, 6.07) is 5.86. The largest absolute Gasteiger partial charge is 0.314 e. The number of rotatable bonds is 7. The van der Waals surface area contributed by atoms with E-state index in [9.17, 15) is 4.39 Å². The Kier molecular flexibility index (Phi) is 6.75. The summed E-state index contributed by atoms with van der Waals surface area (Å²) in [5, 5.41) is 3.49. The van der Waals surface area contributed by atoms with E-state index in [-0.39, 0.29) is 5.82 Å². The van der Waals surface area contributed by atoms with Crippen molar-refractivity contribution >= 4 is 15.9 Å². The molecule has 0 amide bonds. The molecule has 0 bridgehead atoms. The van der Waals surface area contributed by atoms with E-state index in [0.29, 0.717) is 10.5 Å². The van der Waals surface area contributed by atoms with Crippen molar-refractivity contribution in [3.8, 4) is 0 Å². The zero-order valence-electron chi connectivity index (χ0n) is 10.6. The zero-order valence-corrected chi connectivity index (χ0v) is 12.2. The molecular weight excluding hydrogens is 281 g/mol. The quantitative estimate of drug-likeness (QED) is 0.792. The Morgan fingerprint density at radius 3 is 2.65 bits per heavy atom. The van der Waals surface area contributed by atoms with Gasteiger partial charge in [-0.05, 0) is 59.4 Å². The summed E-state index contributed by atoms with van der Waals surface area (Å²) in [5.74, 6) is -0.189. The predicted molar refractivity (Wildman–Crippen MR) is 74.8 cm³/mol. The Labute approximate surface area is 112 Å². The van der Waals surface area contributed by atoms with Crippen LogP contribution in [0.4, 0.5) is 4.39 Å². The Morgan fingerprint density at radius 2 is 2.06 bits per heavy atom. The summed E-state index contributed by atoms with van der Waals surface area (Å²) >= 11 is 3.22. The average Bonchev–Trinajstić information content (AvgIpc) is 2.31. The highest BCUT2D eigenvalue weighted by Gasteiger charge is 2.07. The van der Waals surface area contributed by atoms with Crippen molar-refractivity contribution in [2.24, 2.45) is 0 Å². The summed E-state index contributed by atoms with van der Waals surface area (Å²) < 4.78 is 13.6. The van der Waals surface area contributed by atoms with Crippen LogP contribution in [0.25, 0.3) is 0 Å². The summed E-state index contributed by atoms with van der Waals surface area (Å²) in [6.45, 7) is 5.35. The van der Waals surface area contributed by atoms with Gasteiger partial charge in [0, 0.05) is 6.04 Å². The van der Waals surface area contributed by atoms with Crippen molar-refractivity contribution < 1.29 is 4.39 Å². The Bertz CT molecular complexity index is 335. The highest BCUT2D eigenvalue weighted by Crippen LogP contribution is 2.18. The second-order valence-electron chi connectivity index (χ2n) is 4.33. The lowest BCUT2D eigenvalue weighted by Gasteiger charge is -2.17. The van der Waals surface area contributed by atoms with Crippen molar-refractivity contribution in [3.05, 3.63) is 34.1 Å². The number of hydrogen-bond acceptors (Lipinski definition) is 1. The molecule has 0 spiro atoms. The molecule has 1 unspecified atom stereocenters. The van der Waals surface area contributed by atoms with Crippen molar-refractivity contribution in [2.75, 3.05) is 6.54 Å². The van der Waals surface area contributed by atoms with E-state index in [1.807, 2.05) is 12.1 Å². The SMILES string of the molecule is CCCC(CCc1ccc(F)c(Br)c1)NCC. The van der Waals surface area contributed by atoms with Crippen molar-refractivity contribution in [2.45, 2.75) is 45.6 Å². The first-order valence-electron chi connectivity index (χ1n) is 6.34. The molecule has 0 heterocycles. The number of aryl methyl sites for hydroxylation is 1. The van der Waals surface area contributed by atoms with Crippen LogP contribution in [0.3, 0.4) is 0 Å². The number of benzene rings is 1. The molecule has 0 aromatic heterocycles. The van der Waals surface area contributed by atoms with E-state index in [0.717, 1.165) is 19.4 Å². The number of hydrogen-bond donors (Lipinski definition) is 1. The molecule has 0 fully saturated rings. The third-order valence-electron chi connectivity index (χ3n) is 2.90. The third kappa shape index (κ3) is 5.17. The molecule has 3 heteroatoms. The highest BCUT2D eigenvalue weighted by molar-refractivity contribution is 9.10. The minimum Gasteiger partial charge on any atom is -0.314 e. The molecule has 0 aliphatic heterocycles. The van der Waals surface area contributed by atoms with Gasteiger partial charge < -0.3 is 5.32 Å². The van der Waals surface area contributed by atoms with Gasteiger partial charge in [-0.25, -0.2) is 4.39 Å². The Balaban J connectivity index is 2.49. The summed E-state index contributed by atoms with van der Waals surface area (Å²) in [5.41, 5.74) is 1.19. The Morgan fingerprint density at radius 1 is 1.29 bits per heavy atom. The van der Waals surface area contributed by atoms with Gasteiger partial charge in [-0.2, -0.15) is 0 Å². The van der Waals surface area contributed by atoms with Crippen LogP contribution in [0.15, 0.2) is 22.7 Å². The number of halogens is 2. The number of nitrogens with one attached hydrogen (secondary N) is 1. The van der Waals surface area contributed by atoms with E-state index in [1.165, 1.54) is 24.5 Å². The molecule has 0 aliphatic rings. The first-order valence-corrected chi connectivity index (χ1v) is 7.14. The van der Waals surface area contributed by atoms with E-state index < -0.39 is 0 Å². The molecule has 17 heavy (non-hydrogen) atoms. The lowest BCUT2D eigenvalue weighted by Crippen LogP contribution is -2.29. The van der Waals surface area contributed by atoms with Crippen LogP contribution in [0, 0.1) is 5.82 Å². The lowest BCUT2D eigenvalue weighted by molar-refractivity contribution is 0.459. The maximum atomic E-state index is 13.1. The average molecular weight is 302 g/mol. The molecule has 96 valence electrons. The Hall–Kier alpha value is -0.410. The molecule has 0 aliphatic carbocycles. The fourth-order valence-electron chi connectivity index (χ4n) is 2.02. The maximum absolute atomic E-state index is 13.1. The van der Waals surface area contributed by atoms with Crippen molar-refractivity contribution in [1.29, 1.82) is 0 Å². The fraction of sp³-hybridized carbons (Fsp3) is 0.571. The van der Waals surface area contributed by atoms with E-state index in [4.69, 9.17) is 0 Å². The molecule has 1 rings (SSSR count). The second-order valence-corrected chi connectivity index (χ2v) is 5.18. The van der Waals surface area contributed by atoms with Gasteiger partial charge in [-0.15, -0.1) is 0 Å². The van der Waals surface area contributed by atoms with Gasteiger partial charge in [0.25, 0.3) is 0 Å². The minimum atomic E-state index is -0.189. The van der Waals surface area contributed by atoms with E-state index in [1.54, 1.807) is 0 Å². The molecule has 0 radical (unpaired) electrons. The fourth-order valence-corrected chi connectivity index (χ4v) is 2.45. The normalized spacial score (nSPS) is 12.7. The van der Waals surface area contributed by atoms with Gasteiger partial charge in [0.2, 0.25) is 0 Å². The highest BCUT2D eigenvalue weighted by atomic mass is 79.9. The van der Waals surface area contributed by atoms with E-state index in [2.05, 4.69) is 35.1 Å². The van der Waals surface area contributed by atoms with E-state index >= 15 is 0 Å². The molecule has 1 aromatic rings. The first-order chi connectivity index (χ1) is 8.17. The van der Waals surface area contributed by atoms with Crippen LogP contribution in [0.1, 0.15) is 38.7 Å². The molecule has 1 atom stereocenters. The smallest absolute Gasteiger partial charge is 0.137 e. The summed E-state index contributed by atoms with van der Waals surface area (Å²) in [4.78, 5) is 0. The van der Waals surface area contributed by atoms with Gasteiger partial charge in [0.05, 0.1) is 4.47 Å². The summed E-state index contributed by atoms with van der Waals surface area (Å²) in [7, 11) is 0. The summed E-state index contributed by atoms with van der Waals surface area (Å²) in [6.07, 6.45) is 4.51. The molecule has 1 nitrogen and oxygen atoms in total.